The molecule has 0 saturated carbocycles. The first-order valence-electron chi connectivity index (χ1n) is 3.06. The molecule has 0 unspecified atom stereocenters. The van der Waals surface area contributed by atoms with E-state index < -0.39 is 17.3 Å². The van der Waals surface area contributed by atoms with Gasteiger partial charge in [-0.15, -0.1) is 0 Å². The van der Waals surface area contributed by atoms with Crippen LogP contribution in [0, 0.1) is 11.6 Å². The molecule has 0 aliphatic carbocycles. The Balaban J connectivity index is 3.31. The Morgan fingerprint density at radius 2 is 1.67 bits per heavy atom. The molecular formula is C7H6F2N2S. The third-order valence-corrected chi connectivity index (χ3v) is 1.60. The maximum atomic E-state index is 12.7. The van der Waals surface area contributed by atoms with E-state index >= 15 is 0 Å². The van der Waals surface area contributed by atoms with E-state index in [0.29, 0.717) is 0 Å². The number of anilines is 1. The summed E-state index contributed by atoms with van der Waals surface area (Å²) >= 11 is 4.53. The lowest BCUT2D eigenvalue weighted by Gasteiger charge is -2.01. The van der Waals surface area contributed by atoms with Crippen LogP contribution < -0.4 is 11.5 Å². The van der Waals surface area contributed by atoms with Crippen molar-refractivity contribution in [1.82, 2.24) is 0 Å². The number of benzene rings is 1. The summed E-state index contributed by atoms with van der Waals surface area (Å²) in [6, 6.07) is 2.00. The van der Waals surface area contributed by atoms with Crippen molar-refractivity contribution in [2.45, 2.75) is 0 Å². The normalized spacial score (nSPS) is 9.83. The van der Waals surface area contributed by atoms with Crippen LogP contribution >= 0.6 is 12.2 Å². The van der Waals surface area contributed by atoms with Gasteiger partial charge in [-0.3, -0.25) is 0 Å². The van der Waals surface area contributed by atoms with Gasteiger partial charge in [0.1, 0.15) is 22.3 Å². The van der Waals surface area contributed by atoms with Crippen molar-refractivity contribution in [3.05, 3.63) is 29.3 Å². The van der Waals surface area contributed by atoms with Gasteiger partial charge in [0.25, 0.3) is 0 Å². The number of hydrogen-bond acceptors (Lipinski definition) is 2. The van der Waals surface area contributed by atoms with Gasteiger partial charge in [0.15, 0.2) is 0 Å². The van der Waals surface area contributed by atoms with Gasteiger partial charge in [-0.05, 0) is 12.1 Å². The highest BCUT2D eigenvalue weighted by molar-refractivity contribution is 7.80. The molecule has 0 aromatic heterocycles. The summed E-state index contributed by atoms with van der Waals surface area (Å²) in [7, 11) is 0. The van der Waals surface area contributed by atoms with Gasteiger partial charge < -0.3 is 11.5 Å². The highest BCUT2D eigenvalue weighted by atomic mass is 32.1. The zero-order chi connectivity index (χ0) is 9.30. The molecule has 1 aromatic carbocycles. The smallest absolute Gasteiger partial charge is 0.149 e. The number of hydrogen-bond donors (Lipinski definition) is 2. The molecule has 4 N–H and O–H groups in total. The molecule has 0 radical (unpaired) electrons. The minimum absolute atomic E-state index is 0.0622. The summed E-state index contributed by atoms with van der Waals surface area (Å²) < 4.78 is 25.4. The standard InChI is InChI=1S/C7H6F2N2S/c8-4-1-3(7(11)12)2-5(9)6(4)10/h1-2H,10H2,(H2,11,12). The Kier molecular flexibility index (Phi) is 2.23. The largest absolute Gasteiger partial charge is 0.394 e. The molecule has 0 amide bonds. The van der Waals surface area contributed by atoms with Crippen molar-refractivity contribution in [1.29, 1.82) is 0 Å². The SMILES string of the molecule is NC(=S)c1cc(F)c(N)c(F)c1. The lowest BCUT2D eigenvalue weighted by atomic mass is 10.2. The zero-order valence-corrected chi connectivity index (χ0v) is 6.79. The van der Waals surface area contributed by atoms with Crippen LogP contribution in [0.15, 0.2) is 12.1 Å². The number of nitrogens with two attached hydrogens (primary N) is 2. The molecule has 1 rings (SSSR count). The van der Waals surface area contributed by atoms with Crippen LogP contribution in [0.1, 0.15) is 5.56 Å². The Labute approximate surface area is 73.2 Å². The second kappa shape index (κ2) is 3.02. The van der Waals surface area contributed by atoms with Gasteiger partial charge in [0.2, 0.25) is 0 Å². The second-order valence-electron chi connectivity index (χ2n) is 2.22. The van der Waals surface area contributed by atoms with E-state index in [2.05, 4.69) is 12.2 Å². The summed E-state index contributed by atoms with van der Waals surface area (Å²) in [4.78, 5) is -0.0622. The first-order valence-corrected chi connectivity index (χ1v) is 3.47. The van der Waals surface area contributed by atoms with E-state index in [1.165, 1.54) is 0 Å². The van der Waals surface area contributed by atoms with E-state index in [4.69, 9.17) is 11.5 Å². The van der Waals surface area contributed by atoms with Gasteiger partial charge in [-0.2, -0.15) is 0 Å². The summed E-state index contributed by atoms with van der Waals surface area (Å²) in [5, 5.41) is 0. The van der Waals surface area contributed by atoms with Gasteiger partial charge in [0, 0.05) is 5.56 Å². The molecule has 2 nitrogen and oxygen atoms in total. The van der Waals surface area contributed by atoms with Crippen molar-refractivity contribution in [3.8, 4) is 0 Å². The van der Waals surface area contributed by atoms with Crippen molar-refractivity contribution in [2.75, 3.05) is 5.73 Å². The molecule has 0 spiro atoms. The maximum absolute atomic E-state index is 12.7. The van der Waals surface area contributed by atoms with E-state index in [-0.39, 0.29) is 10.6 Å². The predicted octanol–water partition coefficient (Wildman–Crippen LogP) is 1.18. The quantitative estimate of drug-likeness (QED) is 0.514. The Morgan fingerprint density at radius 1 is 1.25 bits per heavy atom. The molecule has 12 heavy (non-hydrogen) atoms. The average molecular weight is 188 g/mol. The second-order valence-corrected chi connectivity index (χ2v) is 2.66. The number of thiocarbonyl (C=S) groups is 1. The summed E-state index contributed by atoms with van der Waals surface area (Å²) in [6.07, 6.45) is 0. The highest BCUT2D eigenvalue weighted by Gasteiger charge is 2.08. The molecular weight excluding hydrogens is 182 g/mol. The molecule has 1 aromatic rings. The Morgan fingerprint density at radius 3 is 2.00 bits per heavy atom. The number of rotatable bonds is 1. The lowest BCUT2D eigenvalue weighted by Crippen LogP contribution is -2.11. The van der Waals surface area contributed by atoms with E-state index in [0.717, 1.165) is 12.1 Å². The predicted molar refractivity (Wildman–Crippen MR) is 46.7 cm³/mol. The van der Waals surface area contributed by atoms with Crippen LogP contribution in [0.5, 0.6) is 0 Å². The van der Waals surface area contributed by atoms with Crippen molar-refractivity contribution >= 4 is 22.9 Å². The first-order chi connectivity index (χ1) is 5.52. The topological polar surface area (TPSA) is 52.0 Å². The molecule has 0 fully saturated rings. The van der Waals surface area contributed by atoms with Crippen LogP contribution in [-0.2, 0) is 0 Å². The number of halogens is 2. The summed E-state index contributed by atoms with van der Waals surface area (Å²) in [5.74, 6) is -1.70. The third-order valence-electron chi connectivity index (χ3n) is 1.36. The third kappa shape index (κ3) is 1.50. The maximum Gasteiger partial charge on any atom is 0.149 e. The van der Waals surface area contributed by atoms with Gasteiger partial charge in [-0.25, -0.2) is 8.78 Å². The first kappa shape index (κ1) is 8.86. The molecule has 0 aliphatic heterocycles. The number of nitrogen functional groups attached to an aromatic ring is 1. The van der Waals surface area contributed by atoms with E-state index in [1.807, 2.05) is 0 Å². The Bertz CT molecular complexity index is 315. The van der Waals surface area contributed by atoms with Gasteiger partial charge in [-0.1, -0.05) is 12.2 Å². The fourth-order valence-electron chi connectivity index (χ4n) is 0.727. The van der Waals surface area contributed by atoms with Crippen LogP contribution in [-0.4, -0.2) is 4.99 Å². The Hall–Kier alpha value is -1.23. The van der Waals surface area contributed by atoms with Crippen molar-refractivity contribution in [2.24, 2.45) is 5.73 Å². The zero-order valence-electron chi connectivity index (χ0n) is 5.97. The fraction of sp³-hybridized carbons (Fsp3) is 0. The van der Waals surface area contributed by atoms with Gasteiger partial charge >= 0.3 is 0 Å². The van der Waals surface area contributed by atoms with Crippen LogP contribution in [0.2, 0.25) is 0 Å². The molecule has 5 heteroatoms. The van der Waals surface area contributed by atoms with Crippen molar-refractivity contribution in [3.63, 3.8) is 0 Å². The fourth-order valence-corrected chi connectivity index (χ4v) is 0.844. The molecule has 0 heterocycles. The summed E-state index contributed by atoms with van der Waals surface area (Å²) in [6.45, 7) is 0. The molecule has 64 valence electrons. The monoisotopic (exact) mass is 188 g/mol. The average Bonchev–Trinajstić information content (AvgIpc) is 1.99. The molecule has 0 aliphatic rings. The van der Waals surface area contributed by atoms with E-state index in [1.54, 1.807) is 0 Å². The highest BCUT2D eigenvalue weighted by Crippen LogP contribution is 2.16. The lowest BCUT2D eigenvalue weighted by molar-refractivity contribution is 0.591. The summed E-state index contributed by atoms with van der Waals surface area (Å²) in [5.41, 5.74) is 9.79. The minimum atomic E-state index is -0.849. The van der Waals surface area contributed by atoms with Crippen LogP contribution in [0.3, 0.4) is 0 Å². The molecule has 0 atom stereocenters. The van der Waals surface area contributed by atoms with Crippen LogP contribution in [0.25, 0.3) is 0 Å². The van der Waals surface area contributed by atoms with Crippen molar-refractivity contribution < 1.29 is 8.78 Å². The van der Waals surface area contributed by atoms with Crippen LogP contribution in [0.4, 0.5) is 14.5 Å². The molecule has 0 bridgehead atoms. The molecule has 0 saturated heterocycles. The van der Waals surface area contributed by atoms with E-state index in [9.17, 15) is 8.78 Å². The minimum Gasteiger partial charge on any atom is -0.394 e. The van der Waals surface area contributed by atoms with Gasteiger partial charge in [0.05, 0.1) is 0 Å².